The number of thiophene rings is 1. The van der Waals surface area contributed by atoms with Crippen LogP contribution in [-0.2, 0) is 19.9 Å². The van der Waals surface area contributed by atoms with Crippen LogP contribution in [0.25, 0.3) is 10.9 Å². The Hall–Kier alpha value is -2.47. The molecule has 1 N–H and O–H groups in total. The molecule has 5 nitrogen and oxygen atoms in total. The summed E-state index contributed by atoms with van der Waals surface area (Å²) in [7, 11) is 1.76. The van der Waals surface area contributed by atoms with Crippen LogP contribution in [0.1, 0.15) is 33.0 Å². The monoisotopic (exact) mass is 339 g/mol. The van der Waals surface area contributed by atoms with E-state index in [1.165, 1.54) is 34.6 Å². The van der Waals surface area contributed by atoms with Crippen LogP contribution in [0.2, 0.25) is 0 Å². The molecule has 4 rings (SSSR count). The first kappa shape index (κ1) is 15.1. The molecular weight excluding hydrogens is 322 g/mol. The number of azo groups is 1. The molecule has 0 spiro atoms. The van der Waals surface area contributed by atoms with Gasteiger partial charge in [0.25, 0.3) is 0 Å². The van der Waals surface area contributed by atoms with E-state index in [9.17, 15) is 9.90 Å². The number of benzene rings is 1. The molecule has 2 aromatic heterocycles. The number of rotatable bonds is 2. The summed E-state index contributed by atoms with van der Waals surface area (Å²) in [5, 5.41) is 18.9. The van der Waals surface area contributed by atoms with Gasteiger partial charge in [0.15, 0.2) is 5.69 Å². The van der Waals surface area contributed by atoms with Crippen molar-refractivity contribution in [2.45, 2.75) is 25.7 Å². The molecule has 0 aliphatic heterocycles. The van der Waals surface area contributed by atoms with Crippen molar-refractivity contribution in [3.05, 3.63) is 45.6 Å². The minimum Gasteiger partial charge on any atom is -0.493 e. The van der Waals surface area contributed by atoms with Crippen molar-refractivity contribution in [3.8, 4) is 5.88 Å². The number of hydrogen-bond donors (Lipinski definition) is 1. The highest BCUT2D eigenvalue weighted by molar-refractivity contribution is 7.14. The Balaban J connectivity index is 1.67. The van der Waals surface area contributed by atoms with Gasteiger partial charge in [0.2, 0.25) is 5.88 Å². The number of fused-ring (bicyclic) bond motifs is 2. The molecule has 0 bridgehead atoms. The first-order valence-electron chi connectivity index (χ1n) is 7.99. The smallest absolute Gasteiger partial charge is 0.305 e. The number of carbonyl (C=O) groups is 1. The second-order valence-electron chi connectivity index (χ2n) is 6.02. The Kier molecular flexibility index (Phi) is 3.69. The molecule has 0 unspecified atom stereocenters. The maximum Gasteiger partial charge on any atom is 0.305 e. The van der Waals surface area contributed by atoms with Crippen molar-refractivity contribution < 1.29 is 9.90 Å². The van der Waals surface area contributed by atoms with Gasteiger partial charge in [0, 0.05) is 17.3 Å². The standard InChI is InChI=1S/C18H17N3O2S/c1-21-13-8-4-3-7-12(13)16(18(21)23)19-20-17(22)15-10-11-6-2-5-9-14(11)24-15/h3-4,7-8,10,23H,2,5-6,9H2,1H3. The fraction of sp³-hybridized carbons (Fsp3) is 0.278. The van der Waals surface area contributed by atoms with Crippen LogP contribution in [-0.4, -0.2) is 15.6 Å². The lowest BCUT2D eigenvalue weighted by atomic mass is 9.99. The van der Waals surface area contributed by atoms with Crippen molar-refractivity contribution in [1.82, 2.24) is 4.57 Å². The van der Waals surface area contributed by atoms with Crippen LogP contribution in [0.4, 0.5) is 5.69 Å². The SMILES string of the molecule is Cn1c(O)c(N=NC(=O)c2cc3c(s2)CCCC3)c2ccccc21. The summed E-state index contributed by atoms with van der Waals surface area (Å²) in [6.07, 6.45) is 4.46. The average Bonchev–Trinajstić information content (AvgIpc) is 3.14. The van der Waals surface area contributed by atoms with Crippen molar-refractivity contribution in [3.63, 3.8) is 0 Å². The third-order valence-corrected chi connectivity index (χ3v) is 5.72. The zero-order valence-corrected chi connectivity index (χ0v) is 14.1. The molecule has 0 fully saturated rings. The molecule has 122 valence electrons. The molecule has 0 atom stereocenters. The lowest BCUT2D eigenvalue weighted by Gasteiger charge is -2.08. The number of hydrogen-bond acceptors (Lipinski definition) is 4. The van der Waals surface area contributed by atoms with E-state index in [1.807, 2.05) is 30.3 Å². The molecule has 0 radical (unpaired) electrons. The fourth-order valence-electron chi connectivity index (χ4n) is 3.20. The van der Waals surface area contributed by atoms with Gasteiger partial charge in [-0.15, -0.1) is 21.6 Å². The van der Waals surface area contributed by atoms with Crippen molar-refractivity contribution >= 4 is 33.8 Å². The molecule has 1 aromatic carbocycles. The van der Waals surface area contributed by atoms with Gasteiger partial charge in [-0.1, -0.05) is 18.2 Å². The minimum atomic E-state index is -0.346. The third kappa shape index (κ3) is 2.43. The molecule has 1 aliphatic carbocycles. The molecule has 6 heteroatoms. The summed E-state index contributed by atoms with van der Waals surface area (Å²) < 4.78 is 1.64. The first-order valence-corrected chi connectivity index (χ1v) is 8.81. The minimum absolute atomic E-state index is 0.0122. The average molecular weight is 339 g/mol. The fourth-order valence-corrected chi connectivity index (χ4v) is 4.33. The number of nitrogens with zero attached hydrogens (tertiary/aromatic N) is 3. The van der Waals surface area contributed by atoms with Crippen LogP contribution in [0.5, 0.6) is 5.88 Å². The molecule has 1 aliphatic rings. The number of amides is 1. The zero-order chi connectivity index (χ0) is 16.7. The van der Waals surface area contributed by atoms with Crippen molar-refractivity contribution in [2.24, 2.45) is 17.3 Å². The summed E-state index contributed by atoms with van der Waals surface area (Å²) in [6, 6.07) is 9.46. The quantitative estimate of drug-likeness (QED) is 0.685. The van der Waals surface area contributed by atoms with E-state index in [4.69, 9.17) is 0 Å². The highest BCUT2D eigenvalue weighted by atomic mass is 32.1. The van der Waals surface area contributed by atoms with E-state index in [-0.39, 0.29) is 11.8 Å². The molecule has 1 amide bonds. The maximum atomic E-state index is 12.4. The van der Waals surface area contributed by atoms with Crippen LogP contribution < -0.4 is 0 Å². The van der Waals surface area contributed by atoms with E-state index in [1.54, 1.807) is 11.6 Å². The van der Waals surface area contributed by atoms with Gasteiger partial charge in [-0.3, -0.25) is 4.79 Å². The second-order valence-corrected chi connectivity index (χ2v) is 7.16. The Morgan fingerprint density at radius 3 is 2.88 bits per heavy atom. The van der Waals surface area contributed by atoms with Crippen LogP contribution in [0.15, 0.2) is 40.6 Å². The van der Waals surface area contributed by atoms with Gasteiger partial charge in [0.1, 0.15) is 0 Å². The topological polar surface area (TPSA) is 66.9 Å². The Morgan fingerprint density at radius 1 is 1.25 bits per heavy atom. The first-order chi connectivity index (χ1) is 11.6. The summed E-state index contributed by atoms with van der Waals surface area (Å²) in [5.41, 5.74) is 2.46. The van der Waals surface area contributed by atoms with E-state index >= 15 is 0 Å². The largest absolute Gasteiger partial charge is 0.493 e. The van der Waals surface area contributed by atoms with Gasteiger partial charge in [-0.2, -0.15) is 0 Å². The van der Waals surface area contributed by atoms with Gasteiger partial charge >= 0.3 is 5.91 Å². The Bertz CT molecular complexity index is 945. The van der Waals surface area contributed by atoms with Crippen molar-refractivity contribution in [2.75, 3.05) is 0 Å². The third-order valence-electron chi connectivity index (χ3n) is 4.50. The molecular formula is C18H17N3O2S. The Morgan fingerprint density at radius 2 is 2.04 bits per heavy atom. The van der Waals surface area contributed by atoms with E-state index in [0.29, 0.717) is 10.6 Å². The summed E-state index contributed by atoms with van der Waals surface area (Å²) in [6.45, 7) is 0. The number of aryl methyl sites for hydroxylation is 3. The normalized spacial score (nSPS) is 14.4. The van der Waals surface area contributed by atoms with Gasteiger partial charge in [-0.05, 0) is 43.4 Å². The Labute approximate surface area is 143 Å². The van der Waals surface area contributed by atoms with Crippen molar-refractivity contribution in [1.29, 1.82) is 0 Å². The van der Waals surface area contributed by atoms with Crippen LogP contribution in [0.3, 0.4) is 0 Å². The van der Waals surface area contributed by atoms with Gasteiger partial charge in [-0.25, -0.2) is 0 Å². The lowest BCUT2D eigenvalue weighted by molar-refractivity contribution is 0.0999. The number of carbonyl (C=O) groups excluding carboxylic acids is 1. The highest BCUT2D eigenvalue weighted by Crippen LogP contribution is 2.38. The van der Waals surface area contributed by atoms with E-state index < -0.39 is 0 Å². The lowest BCUT2D eigenvalue weighted by Crippen LogP contribution is -1.96. The molecule has 0 saturated heterocycles. The summed E-state index contributed by atoms with van der Waals surface area (Å²) in [4.78, 5) is 14.3. The van der Waals surface area contributed by atoms with Gasteiger partial charge in [0.05, 0.1) is 10.4 Å². The van der Waals surface area contributed by atoms with E-state index in [2.05, 4.69) is 10.2 Å². The molecule has 0 saturated carbocycles. The zero-order valence-electron chi connectivity index (χ0n) is 13.3. The number of para-hydroxylation sites is 1. The predicted molar refractivity (Wildman–Crippen MR) is 94.4 cm³/mol. The highest BCUT2D eigenvalue weighted by Gasteiger charge is 2.18. The number of aromatic nitrogens is 1. The van der Waals surface area contributed by atoms with Crippen LogP contribution in [0, 0.1) is 0 Å². The molecule has 24 heavy (non-hydrogen) atoms. The molecule has 2 heterocycles. The predicted octanol–water partition coefficient (Wildman–Crippen LogP) is 4.75. The maximum absolute atomic E-state index is 12.4. The van der Waals surface area contributed by atoms with E-state index in [0.717, 1.165) is 23.7 Å². The number of aromatic hydroxyl groups is 1. The summed E-state index contributed by atoms with van der Waals surface area (Å²) >= 11 is 1.52. The second kappa shape index (κ2) is 5.87. The summed E-state index contributed by atoms with van der Waals surface area (Å²) in [5.74, 6) is -0.333. The molecule has 3 aromatic rings. The van der Waals surface area contributed by atoms with Crippen LogP contribution >= 0.6 is 11.3 Å². The van der Waals surface area contributed by atoms with Gasteiger partial charge < -0.3 is 9.67 Å².